The highest BCUT2D eigenvalue weighted by atomic mass is 16.5. The second kappa shape index (κ2) is 5.55. The zero-order valence-electron chi connectivity index (χ0n) is 10.5. The number of hydrogen-bond acceptors (Lipinski definition) is 5. The van der Waals surface area contributed by atoms with E-state index in [4.69, 9.17) is 19.7 Å². The first-order valence-electron chi connectivity index (χ1n) is 5.67. The van der Waals surface area contributed by atoms with Crippen molar-refractivity contribution >= 4 is 0 Å². The van der Waals surface area contributed by atoms with Crippen LogP contribution in [0.25, 0.3) is 11.3 Å². The average Bonchev–Trinajstić information content (AvgIpc) is 2.86. The Bertz CT molecular complexity index is 523. The lowest BCUT2D eigenvalue weighted by Gasteiger charge is -2.10. The van der Waals surface area contributed by atoms with Crippen LogP contribution in [-0.4, -0.2) is 25.9 Å². The molecule has 0 aliphatic rings. The first-order valence-corrected chi connectivity index (χ1v) is 5.67. The Morgan fingerprint density at radius 1 is 1.28 bits per heavy atom. The molecule has 1 heterocycles. The molecule has 18 heavy (non-hydrogen) atoms. The molecule has 5 heteroatoms. The van der Waals surface area contributed by atoms with Gasteiger partial charge in [-0.1, -0.05) is 11.2 Å². The van der Waals surface area contributed by atoms with Gasteiger partial charge in [-0.15, -0.1) is 0 Å². The number of methoxy groups -OCH3 is 2. The van der Waals surface area contributed by atoms with Crippen molar-refractivity contribution < 1.29 is 14.0 Å². The molecule has 0 saturated heterocycles. The highest BCUT2D eigenvalue weighted by Crippen LogP contribution is 2.37. The van der Waals surface area contributed by atoms with Crippen LogP contribution in [0.15, 0.2) is 28.8 Å². The number of para-hydroxylation sites is 1. The van der Waals surface area contributed by atoms with Gasteiger partial charge in [-0.2, -0.15) is 0 Å². The molecule has 0 aliphatic heterocycles. The summed E-state index contributed by atoms with van der Waals surface area (Å²) < 4.78 is 15.8. The fraction of sp³-hybridized carbons (Fsp3) is 0.308. The van der Waals surface area contributed by atoms with Gasteiger partial charge in [0.1, 0.15) is 11.5 Å². The predicted molar refractivity (Wildman–Crippen MR) is 67.8 cm³/mol. The molecule has 0 aliphatic carbocycles. The van der Waals surface area contributed by atoms with Gasteiger partial charge >= 0.3 is 0 Å². The average molecular weight is 248 g/mol. The Labute approximate surface area is 105 Å². The van der Waals surface area contributed by atoms with Gasteiger partial charge in [0.05, 0.1) is 14.2 Å². The van der Waals surface area contributed by atoms with Crippen molar-refractivity contribution in [2.45, 2.75) is 6.42 Å². The van der Waals surface area contributed by atoms with Gasteiger partial charge in [0.25, 0.3) is 0 Å². The molecule has 0 unspecified atom stereocenters. The maximum Gasteiger partial charge on any atom is 0.170 e. The highest BCUT2D eigenvalue weighted by molar-refractivity contribution is 5.71. The quantitative estimate of drug-likeness (QED) is 0.874. The van der Waals surface area contributed by atoms with Crippen LogP contribution in [0.3, 0.4) is 0 Å². The summed E-state index contributed by atoms with van der Waals surface area (Å²) in [6, 6.07) is 7.49. The molecule has 2 rings (SSSR count). The number of nitrogens with two attached hydrogens (primary N) is 1. The van der Waals surface area contributed by atoms with Crippen LogP contribution in [0.1, 0.15) is 5.76 Å². The number of hydrogen-bond donors (Lipinski definition) is 1. The van der Waals surface area contributed by atoms with Crippen LogP contribution in [0.5, 0.6) is 11.5 Å². The van der Waals surface area contributed by atoms with Gasteiger partial charge < -0.3 is 19.7 Å². The Kier molecular flexibility index (Phi) is 3.84. The minimum Gasteiger partial charge on any atom is -0.493 e. The SMILES string of the molecule is COc1cccc(-c2cc(CCN)on2)c1OC. The van der Waals surface area contributed by atoms with Crippen LogP contribution in [0.4, 0.5) is 0 Å². The summed E-state index contributed by atoms with van der Waals surface area (Å²) in [7, 11) is 3.20. The molecule has 0 spiro atoms. The van der Waals surface area contributed by atoms with E-state index in [0.717, 1.165) is 11.3 Å². The van der Waals surface area contributed by atoms with Gasteiger partial charge in [0, 0.05) is 18.1 Å². The lowest BCUT2D eigenvalue weighted by molar-refractivity contribution is 0.355. The predicted octanol–water partition coefficient (Wildman–Crippen LogP) is 1.86. The molecule has 1 aromatic heterocycles. The molecule has 96 valence electrons. The molecule has 2 aromatic rings. The van der Waals surface area contributed by atoms with Crippen LogP contribution in [0.2, 0.25) is 0 Å². The minimum absolute atomic E-state index is 0.532. The molecular formula is C13H16N2O3. The summed E-state index contributed by atoms with van der Waals surface area (Å²) in [6.07, 6.45) is 0.666. The first-order chi connectivity index (χ1) is 8.80. The summed E-state index contributed by atoms with van der Waals surface area (Å²) in [6.45, 7) is 0.532. The van der Waals surface area contributed by atoms with Crippen molar-refractivity contribution in [3.05, 3.63) is 30.0 Å². The molecule has 1 aromatic carbocycles. The van der Waals surface area contributed by atoms with E-state index in [0.29, 0.717) is 30.2 Å². The van der Waals surface area contributed by atoms with Crippen LogP contribution in [-0.2, 0) is 6.42 Å². The molecule has 0 radical (unpaired) electrons. The molecular weight excluding hydrogens is 232 g/mol. The van der Waals surface area contributed by atoms with E-state index >= 15 is 0 Å². The molecule has 0 amide bonds. The van der Waals surface area contributed by atoms with Gasteiger partial charge in [0.2, 0.25) is 0 Å². The maximum absolute atomic E-state index is 5.48. The lowest BCUT2D eigenvalue weighted by Crippen LogP contribution is -2.01. The van der Waals surface area contributed by atoms with E-state index in [1.165, 1.54) is 0 Å². The molecule has 0 atom stereocenters. The molecule has 0 saturated carbocycles. The fourth-order valence-corrected chi connectivity index (χ4v) is 1.79. The van der Waals surface area contributed by atoms with Gasteiger partial charge in [-0.05, 0) is 18.7 Å². The second-order valence-corrected chi connectivity index (χ2v) is 3.76. The molecule has 2 N–H and O–H groups in total. The van der Waals surface area contributed by atoms with Crippen molar-refractivity contribution in [3.8, 4) is 22.8 Å². The number of aromatic nitrogens is 1. The molecule has 5 nitrogen and oxygen atoms in total. The zero-order valence-corrected chi connectivity index (χ0v) is 10.5. The van der Waals surface area contributed by atoms with Crippen molar-refractivity contribution in [1.29, 1.82) is 0 Å². The third-order valence-corrected chi connectivity index (χ3v) is 2.63. The Morgan fingerprint density at radius 3 is 2.78 bits per heavy atom. The fourth-order valence-electron chi connectivity index (χ4n) is 1.79. The topological polar surface area (TPSA) is 70.5 Å². The highest BCUT2D eigenvalue weighted by Gasteiger charge is 2.14. The van der Waals surface area contributed by atoms with Crippen molar-refractivity contribution in [2.24, 2.45) is 5.73 Å². The van der Waals surface area contributed by atoms with Gasteiger partial charge in [-0.25, -0.2) is 0 Å². The number of ether oxygens (including phenoxy) is 2. The lowest BCUT2D eigenvalue weighted by atomic mass is 10.1. The number of benzene rings is 1. The Balaban J connectivity index is 2.42. The van der Waals surface area contributed by atoms with Gasteiger partial charge in [0.15, 0.2) is 11.5 Å². The van der Waals surface area contributed by atoms with E-state index in [9.17, 15) is 0 Å². The normalized spacial score (nSPS) is 10.4. The van der Waals surface area contributed by atoms with Crippen LogP contribution >= 0.6 is 0 Å². The van der Waals surface area contributed by atoms with E-state index in [-0.39, 0.29) is 0 Å². The maximum atomic E-state index is 5.48. The van der Waals surface area contributed by atoms with Crippen molar-refractivity contribution in [3.63, 3.8) is 0 Å². The zero-order chi connectivity index (χ0) is 13.0. The third-order valence-electron chi connectivity index (χ3n) is 2.63. The summed E-state index contributed by atoms with van der Waals surface area (Å²) in [5.74, 6) is 2.07. The van der Waals surface area contributed by atoms with E-state index < -0.39 is 0 Å². The Morgan fingerprint density at radius 2 is 2.11 bits per heavy atom. The summed E-state index contributed by atoms with van der Waals surface area (Å²) in [5.41, 5.74) is 7.03. The molecule has 0 bridgehead atoms. The summed E-state index contributed by atoms with van der Waals surface area (Å²) in [5, 5.41) is 4.02. The summed E-state index contributed by atoms with van der Waals surface area (Å²) in [4.78, 5) is 0. The number of rotatable bonds is 5. The smallest absolute Gasteiger partial charge is 0.170 e. The monoisotopic (exact) mass is 248 g/mol. The van der Waals surface area contributed by atoms with E-state index in [2.05, 4.69) is 5.16 Å². The van der Waals surface area contributed by atoms with Crippen LogP contribution < -0.4 is 15.2 Å². The van der Waals surface area contributed by atoms with Crippen LogP contribution in [0, 0.1) is 0 Å². The minimum atomic E-state index is 0.532. The standard InChI is InChI=1S/C13H16N2O3/c1-16-12-5-3-4-10(13(12)17-2)11-8-9(6-7-14)18-15-11/h3-5,8H,6-7,14H2,1-2H3. The third kappa shape index (κ3) is 2.31. The summed E-state index contributed by atoms with van der Waals surface area (Å²) >= 11 is 0. The van der Waals surface area contributed by atoms with E-state index in [1.807, 2.05) is 24.3 Å². The van der Waals surface area contributed by atoms with E-state index in [1.54, 1.807) is 14.2 Å². The number of nitrogens with zero attached hydrogens (tertiary/aromatic N) is 1. The largest absolute Gasteiger partial charge is 0.493 e. The van der Waals surface area contributed by atoms with Crippen molar-refractivity contribution in [1.82, 2.24) is 5.16 Å². The second-order valence-electron chi connectivity index (χ2n) is 3.76. The molecule has 0 fully saturated rings. The Hall–Kier alpha value is -2.01. The van der Waals surface area contributed by atoms with Crippen molar-refractivity contribution in [2.75, 3.05) is 20.8 Å². The van der Waals surface area contributed by atoms with Gasteiger partial charge in [-0.3, -0.25) is 0 Å². The first kappa shape index (κ1) is 12.4.